The van der Waals surface area contributed by atoms with Crippen LogP contribution in [0.1, 0.15) is 58.8 Å². The van der Waals surface area contributed by atoms with Gasteiger partial charge in [0.2, 0.25) is 5.91 Å². The molecule has 5 heteroatoms. The highest BCUT2D eigenvalue weighted by Crippen LogP contribution is 2.57. The van der Waals surface area contributed by atoms with Crippen LogP contribution in [0, 0.1) is 29.6 Å². The standard InChI is InChI=1S/C20H32N2O3/c1-12(2)25-20(24)21-17-3-4-22(11-17)19(23)10-18-15-6-13-5-14(8-15)9-16(18)7-13/h12-18H,3-11H2,1-2H3,(H,21,24)/t13?,14?,15?,16?,17-,18?/m1/s1. The molecule has 140 valence electrons. The first-order valence-corrected chi connectivity index (χ1v) is 10.2. The summed E-state index contributed by atoms with van der Waals surface area (Å²) in [7, 11) is 0. The molecule has 4 aliphatic carbocycles. The van der Waals surface area contributed by atoms with E-state index in [9.17, 15) is 9.59 Å². The zero-order chi connectivity index (χ0) is 17.6. The fourth-order valence-electron chi connectivity index (χ4n) is 6.22. The van der Waals surface area contributed by atoms with E-state index < -0.39 is 0 Å². The predicted molar refractivity (Wildman–Crippen MR) is 94.9 cm³/mol. The normalized spacial score (nSPS) is 39.1. The largest absolute Gasteiger partial charge is 0.447 e. The molecule has 0 aromatic carbocycles. The van der Waals surface area contributed by atoms with E-state index in [0.29, 0.717) is 18.4 Å². The minimum Gasteiger partial charge on any atom is -0.447 e. The van der Waals surface area contributed by atoms with Crippen LogP contribution >= 0.6 is 0 Å². The van der Waals surface area contributed by atoms with Crippen molar-refractivity contribution in [1.82, 2.24) is 10.2 Å². The van der Waals surface area contributed by atoms with E-state index in [-0.39, 0.29) is 18.2 Å². The van der Waals surface area contributed by atoms with Crippen LogP contribution in [0.25, 0.3) is 0 Å². The molecule has 0 unspecified atom stereocenters. The number of rotatable bonds is 4. The highest BCUT2D eigenvalue weighted by molar-refractivity contribution is 5.77. The number of likely N-dealkylation sites (tertiary alicyclic amines) is 1. The number of alkyl carbamates (subject to hydrolysis) is 1. The molecule has 0 aromatic heterocycles. The van der Waals surface area contributed by atoms with E-state index in [1.165, 1.54) is 32.1 Å². The van der Waals surface area contributed by atoms with Gasteiger partial charge in [-0.1, -0.05) is 0 Å². The highest BCUT2D eigenvalue weighted by atomic mass is 16.6. The Morgan fingerprint density at radius 3 is 2.32 bits per heavy atom. The van der Waals surface area contributed by atoms with Crippen molar-refractivity contribution in [1.29, 1.82) is 0 Å². The van der Waals surface area contributed by atoms with Gasteiger partial charge in [0.25, 0.3) is 0 Å². The Balaban J connectivity index is 1.27. The summed E-state index contributed by atoms with van der Waals surface area (Å²) in [6.45, 7) is 5.09. The Kier molecular flexibility index (Phi) is 4.67. The van der Waals surface area contributed by atoms with Crippen molar-refractivity contribution in [3.05, 3.63) is 0 Å². The summed E-state index contributed by atoms with van der Waals surface area (Å²) < 4.78 is 5.14. The van der Waals surface area contributed by atoms with Gasteiger partial charge in [-0.15, -0.1) is 0 Å². The molecule has 1 heterocycles. The minimum absolute atomic E-state index is 0.0358. The van der Waals surface area contributed by atoms with Crippen molar-refractivity contribution in [2.75, 3.05) is 13.1 Å². The second kappa shape index (κ2) is 6.81. The number of carbonyl (C=O) groups is 2. The molecular formula is C20H32N2O3. The van der Waals surface area contributed by atoms with Gasteiger partial charge in [0, 0.05) is 19.5 Å². The smallest absolute Gasteiger partial charge is 0.407 e. The Hall–Kier alpha value is -1.26. The Morgan fingerprint density at radius 2 is 1.72 bits per heavy atom. The number of amides is 2. The Labute approximate surface area is 150 Å². The number of nitrogens with zero attached hydrogens (tertiary/aromatic N) is 1. The average Bonchev–Trinajstić information content (AvgIpc) is 2.97. The average molecular weight is 348 g/mol. The minimum atomic E-state index is -0.365. The van der Waals surface area contributed by atoms with Gasteiger partial charge in [0.15, 0.2) is 0 Å². The molecule has 5 nitrogen and oxygen atoms in total. The SMILES string of the molecule is CC(C)OC(=O)N[C@@H]1CCN(C(=O)CC2C3CC4CC(C3)CC2C4)C1. The monoisotopic (exact) mass is 348 g/mol. The summed E-state index contributed by atoms with van der Waals surface area (Å²) in [5, 5.41) is 2.90. The van der Waals surface area contributed by atoms with Crippen molar-refractivity contribution in [3.8, 4) is 0 Å². The molecule has 4 saturated carbocycles. The van der Waals surface area contributed by atoms with Crippen LogP contribution in [0.5, 0.6) is 0 Å². The molecule has 1 N–H and O–H groups in total. The molecule has 4 bridgehead atoms. The van der Waals surface area contributed by atoms with Crippen molar-refractivity contribution < 1.29 is 14.3 Å². The molecule has 0 spiro atoms. The van der Waals surface area contributed by atoms with E-state index in [2.05, 4.69) is 5.32 Å². The molecule has 1 saturated heterocycles. The summed E-state index contributed by atoms with van der Waals surface area (Å²) in [4.78, 5) is 26.5. The zero-order valence-corrected chi connectivity index (χ0v) is 15.6. The third-order valence-corrected chi connectivity index (χ3v) is 7.04. The Morgan fingerprint density at radius 1 is 1.08 bits per heavy atom. The van der Waals surface area contributed by atoms with Gasteiger partial charge < -0.3 is 15.0 Å². The molecular weight excluding hydrogens is 316 g/mol. The molecule has 5 aliphatic rings. The number of hydrogen-bond acceptors (Lipinski definition) is 3. The lowest BCUT2D eigenvalue weighted by molar-refractivity contribution is -0.135. The van der Waals surface area contributed by atoms with Crippen LogP contribution in [0.3, 0.4) is 0 Å². The van der Waals surface area contributed by atoms with Crippen LogP contribution < -0.4 is 5.32 Å². The van der Waals surface area contributed by atoms with Crippen LogP contribution in [0.2, 0.25) is 0 Å². The molecule has 0 radical (unpaired) electrons. The van der Waals surface area contributed by atoms with E-state index in [0.717, 1.165) is 43.1 Å². The van der Waals surface area contributed by atoms with E-state index in [1.807, 2.05) is 18.7 Å². The predicted octanol–water partition coefficient (Wildman–Crippen LogP) is 3.18. The summed E-state index contributed by atoms with van der Waals surface area (Å²) in [6, 6.07) is 0.0358. The maximum absolute atomic E-state index is 12.8. The van der Waals surface area contributed by atoms with Crippen molar-refractivity contribution in [2.45, 2.75) is 70.9 Å². The van der Waals surface area contributed by atoms with Gasteiger partial charge in [0.05, 0.1) is 12.1 Å². The first-order valence-electron chi connectivity index (χ1n) is 10.2. The Bertz CT molecular complexity index is 505. The number of carbonyl (C=O) groups excluding carboxylic acids is 2. The van der Waals surface area contributed by atoms with Crippen LogP contribution in [0.15, 0.2) is 0 Å². The molecule has 25 heavy (non-hydrogen) atoms. The van der Waals surface area contributed by atoms with E-state index in [4.69, 9.17) is 4.74 Å². The van der Waals surface area contributed by atoms with E-state index in [1.54, 1.807) is 0 Å². The fraction of sp³-hybridized carbons (Fsp3) is 0.900. The zero-order valence-electron chi connectivity index (χ0n) is 15.6. The molecule has 2 amide bonds. The third-order valence-electron chi connectivity index (χ3n) is 7.04. The van der Waals surface area contributed by atoms with Crippen molar-refractivity contribution >= 4 is 12.0 Å². The van der Waals surface area contributed by atoms with Crippen LogP contribution in [-0.2, 0) is 9.53 Å². The van der Waals surface area contributed by atoms with Gasteiger partial charge in [-0.3, -0.25) is 4.79 Å². The number of nitrogens with one attached hydrogen (secondary N) is 1. The van der Waals surface area contributed by atoms with Gasteiger partial charge in [-0.2, -0.15) is 0 Å². The van der Waals surface area contributed by atoms with Crippen molar-refractivity contribution in [3.63, 3.8) is 0 Å². The van der Waals surface area contributed by atoms with Crippen LogP contribution in [-0.4, -0.2) is 42.1 Å². The van der Waals surface area contributed by atoms with Gasteiger partial charge >= 0.3 is 6.09 Å². The maximum Gasteiger partial charge on any atom is 0.407 e. The van der Waals surface area contributed by atoms with Gasteiger partial charge in [0.1, 0.15) is 0 Å². The van der Waals surface area contributed by atoms with Crippen molar-refractivity contribution in [2.24, 2.45) is 29.6 Å². The first-order chi connectivity index (χ1) is 12.0. The topological polar surface area (TPSA) is 58.6 Å². The van der Waals surface area contributed by atoms with Crippen LogP contribution in [0.4, 0.5) is 4.79 Å². The van der Waals surface area contributed by atoms with E-state index >= 15 is 0 Å². The van der Waals surface area contributed by atoms with Gasteiger partial charge in [-0.05, 0) is 82.0 Å². The molecule has 1 atom stereocenters. The number of ether oxygens (including phenoxy) is 1. The summed E-state index contributed by atoms with van der Waals surface area (Å²) in [5.74, 6) is 4.45. The third kappa shape index (κ3) is 3.65. The lowest BCUT2D eigenvalue weighted by atomic mass is 9.51. The first kappa shape index (κ1) is 17.2. The van der Waals surface area contributed by atoms with Gasteiger partial charge in [-0.25, -0.2) is 4.79 Å². The lowest BCUT2D eigenvalue weighted by Gasteiger charge is -2.54. The molecule has 5 rings (SSSR count). The number of hydrogen-bond donors (Lipinski definition) is 1. The fourth-order valence-corrected chi connectivity index (χ4v) is 6.22. The maximum atomic E-state index is 12.8. The molecule has 0 aromatic rings. The highest BCUT2D eigenvalue weighted by Gasteiger charge is 2.48. The second-order valence-corrected chi connectivity index (χ2v) is 9.22. The molecule has 5 fully saturated rings. The summed E-state index contributed by atoms with van der Waals surface area (Å²) in [6.07, 6.45) is 8.03. The second-order valence-electron chi connectivity index (χ2n) is 9.22. The summed E-state index contributed by atoms with van der Waals surface area (Å²) in [5.41, 5.74) is 0. The molecule has 1 aliphatic heterocycles. The summed E-state index contributed by atoms with van der Waals surface area (Å²) >= 11 is 0. The lowest BCUT2D eigenvalue weighted by Crippen LogP contribution is -2.47. The quantitative estimate of drug-likeness (QED) is 0.849.